The van der Waals surface area contributed by atoms with Gasteiger partial charge in [-0.2, -0.15) is 0 Å². The third kappa shape index (κ3) is 4.58. The van der Waals surface area contributed by atoms with E-state index in [-0.39, 0.29) is 18.3 Å². The predicted octanol–water partition coefficient (Wildman–Crippen LogP) is 4.32. The summed E-state index contributed by atoms with van der Waals surface area (Å²) < 4.78 is 0. The van der Waals surface area contributed by atoms with Gasteiger partial charge >= 0.3 is 0 Å². The van der Waals surface area contributed by atoms with Crippen LogP contribution in [0, 0.1) is 5.92 Å². The van der Waals surface area contributed by atoms with E-state index in [9.17, 15) is 5.11 Å². The van der Waals surface area contributed by atoms with Gasteiger partial charge in [0.1, 0.15) is 5.60 Å². The highest BCUT2D eigenvalue weighted by Gasteiger charge is 2.33. The van der Waals surface area contributed by atoms with Crippen molar-refractivity contribution in [3.8, 4) is 0 Å². The van der Waals surface area contributed by atoms with E-state index in [2.05, 4.69) is 25.8 Å². The van der Waals surface area contributed by atoms with Gasteiger partial charge in [0.2, 0.25) is 0 Å². The van der Waals surface area contributed by atoms with Crippen molar-refractivity contribution in [2.75, 3.05) is 0 Å². The van der Waals surface area contributed by atoms with Crippen LogP contribution in [0.15, 0.2) is 24.4 Å². The number of aromatic nitrogens is 1. The molecule has 0 radical (unpaired) electrons. The summed E-state index contributed by atoms with van der Waals surface area (Å²) in [7, 11) is 0. The molecule has 1 atom stereocenters. The molecular weight excluding hydrogens is 246 g/mol. The van der Waals surface area contributed by atoms with Crippen molar-refractivity contribution in [1.29, 1.82) is 0 Å². The SMILES string of the molecule is CCCCCCC(O)(c1ccccn1)C(C)C.Cl. The van der Waals surface area contributed by atoms with Crippen LogP contribution in [0.1, 0.15) is 58.6 Å². The van der Waals surface area contributed by atoms with Gasteiger partial charge < -0.3 is 5.11 Å². The highest BCUT2D eigenvalue weighted by Crippen LogP contribution is 2.33. The summed E-state index contributed by atoms with van der Waals surface area (Å²) in [5, 5.41) is 10.8. The van der Waals surface area contributed by atoms with E-state index in [0.29, 0.717) is 0 Å². The lowest BCUT2D eigenvalue weighted by atomic mass is 9.82. The Morgan fingerprint density at radius 1 is 1.22 bits per heavy atom. The van der Waals surface area contributed by atoms with Crippen molar-refractivity contribution in [3.05, 3.63) is 30.1 Å². The summed E-state index contributed by atoms with van der Waals surface area (Å²) in [6.07, 6.45) is 7.30. The Hall–Kier alpha value is -0.600. The van der Waals surface area contributed by atoms with Gasteiger partial charge in [0.05, 0.1) is 5.69 Å². The lowest BCUT2D eigenvalue weighted by Gasteiger charge is -2.31. The quantitative estimate of drug-likeness (QED) is 0.750. The van der Waals surface area contributed by atoms with Gasteiger partial charge in [-0.05, 0) is 24.5 Å². The first-order valence-corrected chi connectivity index (χ1v) is 6.75. The molecule has 0 amide bonds. The topological polar surface area (TPSA) is 33.1 Å². The van der Waals surface area contributed by atoms with E-state index in [1.165, 1.54) is 19.3 Å². The highest BCUT2D eigenvalue weighted by atomic mass is 35.5. The zero-order chi connectivity index (χ0) is 12.7. The first-order valence-electron chi connectivity index (χ1n) is 6.75. The zero-order valence-electron chi connectivity index (χ0n) is 11.7. The smallest absolute Gasteiger partial charge is 0.109 e. The van der Waals surface area contributed by atoms with Crippen molar-refractivity contribution in [2.45, 2.75) is 58.5 Å². The molecule has 0 aliphatic heterocycles. The lowest BCUT2D eigenvalue weighted by Crippen LogP contribution is -2.33. The minimum Gasteiger partial charge on any atom is -0.383 e. The molecule has 3 heteroatoms. The molecule has 104 valence electrons. The fourth-order valence-corrected chi connectivity index (χ4v) is 2.15. The molecule has 18 heavy (non-hydrogen) atoms. The maximum atomic E-state index is 10.8. The third-order valence-corrected chi connectivity index (χ3v) is 3.48. The Balaban J connectivity index is 0.00000289. The van der Waals surface area contributed by atoms with Gasteiger partial charge in [0.15, 0.2) is 0 Å². The van der Waals surface area contributed by atoms with Crippen LogP contribution >= 0.6 is 12.4 Å². The molecule has 1 unspecified atom stereocenters. The van der Waals surface area contributed by atoms with Crippen molar-refractivity contribution in [2.24, 2.45) is 5.92 Å². The van der Waals surface area contributed by atoms with Crippen LogP contribution in [0.4, 0.5) is 0 Å². The summed E-state index contributed by atoms with van der Waals surface area (Å²) >= 11 is 0. The van der Waals surface area contributed by atoms with E-state index >= 15 is 0 Å². The normalized spacial score (nSPS) is 14.1. The summed E-state index contributed by atoms with van der Waals surface area (Å²) in [5.74, 6) is 0.194. The van der Waals surface area contributed by atoms with E-state index in [1.807, 2.05) is 18.2 Å². The zero-order valence-corrected chi connectivity index (χ0v) is 12.5. The molecule has 1 rings (SSSR count). The number of unbranched alkanes of at least 4 members (excludes halogenated alkanes) is 3. The molecule has 1 aromatic rings. The average Bonchev–Trinajstić information content (AvgIpc) is 2.35. The first kappa shape index (κ1) is 17.4. The fraction of sp³-hybridized carbons (Fsp3) is 0.667. The van der Waals surface area contributed by atoms with Gasteiger partial charge in [-0.1, -0.05) is 52.5 Å². The van der Waals surface area contributed by atoms with Crippen LogP contribution in [0.25, 0.3) is 0 Å². The second-order valence-corrected chi connectivity index (χ2v) is 5.10. The van der Waals surface area contributed by atoms with Crippen LogP contribution < -0.4 is 0 Å². The number of pyridine rings is 1. The van der Waals surface area contributed by atoms with Crippen LogP contribution in [0.2, 0.25) is 0 Å². The average molecular weight is 272 g/mol. The maximum absolute atomic E-state index is 10.8. The standard InChI is InChI=1S/C15H25NO.ClH/c1-4-5-6-8-11-15(17,13(2)3)14-10-7-9-12-16-14;/h7,9-10,12-13,17H,4-6,8,11H2,1-3H3;1H. The van der Waals surface area contributed by atoms with Crippen molar-refractivity contribution < 1.29 is 5.11 Å². The molecule has 1 N–H and O–H groups in total. The molecule has 1 heterocycles. The van der Waals surface area contributed by atoms with Crippen molar-refractivity contribution in [3.63, 3.8) is 0 Å². The Labute approximate surface area is 117 Å². The molecule has 0 saturated heterocycles. The Bertz CT molecular complexity index is 316. The monoisotopic (exact) mass is 271 g/mol. The number of rotatable bonds is 7. The number of nitrogens with zero attached hydrogens (tertiary/aromatic N) is 1. The number of aliphatic hydroxyl groups is 1. The van der Waals surface area contributed by atoms with Crippen LogP contribution in [-0.4, -0.2) is 10.1 Å². The number of hydrogen-bond acceptors (Lipinski definition) is 2. The van der Waals surface area contributed by atoms with Gasteiger partial charge in [0.25, 0.3) is 0 Å². The Morgan fingerprint density at radius 3 is 2.44 bits per heavy atom. The molecule has 0 aliphatic carbocycles. The highest BCUT2D eigenvalue weighted by molar-refractivity contribution is 5.85. The molecule has 0 bridgehead atoms. The van der Waals surface area contributed by atoms with E-state index in [0.717, 1.165) is 18.5 Å². The van der Waals surface area contributed by atoms with Gasteiger partial charge in [-0.3, -0.25) is 4.98 Å². The summed E-state index contributed by atoms with van der Waals surface area (Å²) in [5.41, 5.74) is 0.0427. The van der Waals surface area contributed by atoms with E-state index in [4.69, 9.17) is 0 Å². The summed E-state index contributed by atoms with van der Waals surface area (Å²) in [6, 6.07) is 5.77. The molecule has 0 aliphatic rings. The molecular formula is C15H26ClNO. The Morgan fingerprint density at radius 2 is 1.94 bits per heavy atom. The summed E-state index contributed by atoms with van der Waals surface area (Å²) in [4.78, 5) is 4.32. The van der Waals surface area contributed by atoms with Gasteiger partial charge in [-0.25, -0.2) is 0 Å². The third-order valence-electron chi connectivity index (χ3n) is 3.48. The molecule has 2 nitrogen and oxygen atoms in total. The molecule has 0 saturated carbocycles. The number of halogens is 1. The lowest BCUT2D eigenvalue weighted by molar-refractivity contribution is -0.0246. The molecule has 0 aromatic carbocycles. The molecule has 0 fully saturated rings. The maximum Gasteiger partial charge on any atom is 0.109 e. The van der Waals surface area contributed by atoms with Crippen LogP contribution in [0.3, 0.4) is 0 Å². The second kappa shape index (κ2) is 8.49. The minimum absolute atomic E-state index is 0. The van der Waals surface area contributed by atoms with Gasteiger partial charge in [-0.15, -0.1) is 12.4 Å². The van der Waals surface area contributed by atoms with E-state index < -0.39 is 5.60 Å². The predicted molar refractivity (Wildman–Crippen MR) is 79.0 cm³/mol. The van der Waals surface area contributed by atoms with Crippen molar-refractivity contribution in [1.82, 2.24) is 4.98 Å². The van der Waals surface area contributed by atoms with Crippen molar-refractivity contribution >= 4 is 12.4 Å². The fourth-order valence-electron chi connectivity index (χ4n) is 2.15. The van der Waals surface area contributed by atoms with Crippen LogP contribution in [-0.2, 0) is 5.60 Å². The summed E-state index contributed by atoms with van der Waals surface area (Å²) in [6.45, 7) is 6.33. The van der Waals surface area contributed by atoms with E-state index in [1.54, 1.807) is 6.20 Å². The Kier molecular flexibility index (Phi) is 8.21. The molecule has 1 aromatic heterocycles. The largest absolute Gasteiger partial charge is 0.383 e. The van der Waals surface area contributed by atoms with Gasteiger partial charge in [0, 0.05) is 6.20 Å². The molecule has 0 spiro atoms. The van der Waals surface area contributed by atoms with Crippen LogP contribution in [0.5, 0.6) is 0 Å². The number of hydrogen-bond donors (Lipinski definition) is 1. The minimum atomic E-state index is -0.769. The first-order chi connectivity index (χ1) is 8.11. The second-order valence-electron chi connectivity index (χ2n) is 5.10.